The van der Waals surface area contributed by atoms with Gasteiger partial charge in [0.25, 0.3) is 0 Å². The zero-order valence-electron chi connectivity index (χ0n) is 19.2. The van der Waals surface area contributed by atoms with Crippen molar-refractivity contribution in [3.63, 3.8) is 0 Å². The summed E-state index contributed by atoms with van der Waals surface area (Å²) < 4.78 is 27.0. The maximum atomic E-state index is 12.4. The number of hydrogen-bond acceptors (Lipinski definition) is 8. The van der Waals surface area contributed by atoms with Gasteiger partial charge in [0.1, 0.15) is 16.5 Å². The normalized spacial score (nSPS) is 13.6. The van der Waals surface area contributed by atoms with Gasteiger partial charge in [-0.2, -0.15) is 4.98 Å². The van der Waals surface area contributed by atoms with E-state index in [1.54, 1.807) is 30.3 Å². The first-order valence-corrected chi connectivity index (χ1v) is 12.8. The number of aryl methyl sites for hydroxylation is 1. The molecule has 4 rings (SSSR count). The highest BCUT2D eigenvalue weighted by Gasteiger charge is 2.24. The van der Waals surface area contributed by atoms with E-state index >= 15 is 0 Å². The van der Waals surface area contributed by atoms with E-state index in [0.29, 0.717) is 24.2 Å². The fraction of sp³-hybridized carbons (Fsp3) is 0.217. The van der Waals surface area contributed by atoms with Crippen LogP contribution in [0, 0.1) is 0 Å². The lowest BCUT2D eigenvalue weighted by Crippen LogP contribution is -2.35. The Balaban J connectivity index is 1.61. The molecule has 1 aromatic heterocycles. The Morgan fingerprint density at radius 2 is 1.94 bits per heavy atom. The van der Waals surface area contributed by atoms with Crippen LogP contribution in [-0.2, 0) is 26.0 Å². The average molecular weight is 531 g/mol. The number of hydrogen-bond donors (Lipinski definition) is 4. The molecule has 11 nitrogen and oxygen atoms in total. The summed E-state index contributed by atoms with van der Waals surface area (Å²) in [5.41, 5.74) is 2.30. The number of amides is 1. The Bertz CT molecular complexity index is 1430. The van der Waals surface area contributed by atoms with Gasteiger partial charge in [0.05, 0.1) is 11.9 Å². The van der Waals surface area contributed by atoms with Gasteiger partial charge in [0.15, 0.2) is 5.82 Å². The average Bonchev–Trinajstić information content (AvgIpc) is 2.99. The lowest BCUT2D eigenvalue weighted by Gasteiger charge is -2.21. The van der Waals surface area contributed by atoms with Crippen LogP contribution in [0.15, 0.2) is 53.6 Å². The fourth-order valence-electron chi connectivity index (χ4n) is 3.82. The van der Waals surface area contributed by atoms with Crippen molar-refractivity contribution >= 4 is 62.3 Å². The third kappa shape index (κ3) is 5.56. The third-order valence-corrected chi connectivity index (χ3v) is 7.25. The molecule has 0 saturated carbocycles. The molecule has 0 spiro atoms. The highest BCUT2D eigenvalue weighted by atomic mass is 35.5. The first kappa shape index (κ1) is 25.4. The topological polar surface area (TPSA) is 154 Å². The van der Waals surface area contributed by atoms with E-state index in [1.165, 1.54) is 24.2 Å². The lowest BCUT2D eigenvalue weighted by atomic mass is 10.1. The summed E-state index contributed by atoms with van der Waals surface area (Å²) in [6.45, 7) is -0.404. The van der Waals surface area contributed by atoms with Gasteiger partial charge in [-0.1, -0.05) is 23.7 Å². The number of nitrogens with one attached hydrogen (secondary N) is 3. The minimum atomic E-state index is -3.73. The van der Waals surface area contributed by atoms with Crippen LogP contribution in [0.3, 0.4) is 0 Å². The number of anilines is 5. The monoisotopic (exact) mass is 530 g/mol. The molecule has 0 aliphatic carbocycles. The summed E-state index contributed by atoms with van der Waals surface area (Å²) in [6.07, 6.45) is 2.86. The van der Waals surface area contributed by atoms with Crippen LogP contribution < -0.4 is 20.3 Å². The molecule has 0 bridgehead atoms. The summed E-state index contributed by atoms with van der Waals surface area (Å²) >= 11 is 6.27. The van der Waals surface area contributed by atoms with E-state index in [9.17, 15) is 23.1 Å². The second-order valence-corrected chi connectivity index (χ2v) is 10.2. The molecule has 0 saturated heterocycles. The molecule has 1 aliphatic rings. The molecule has 0 radical (unpaired) electrons. The van der Waals surface area contributed by atoms with Gasteiger partial charge in [0, 0.05) is 17.8 Å². The van der Waals surface area contributed by atoms with Gasteiger partial charge in [-0.3, -0.25) is 9.59 Å². The minimum Gasteiger partial charge on any atom is -0.480 e. The van der Waals surface area contributed by atoms with Crippen molar-refractivity contribution < 1.29 is 23.1 Å². The molecule has 4 N–H and O–H groups in total. The SMILES string of the molecule is CNS(=O)(=O)c1ccccc1Nc1nc(Nc2ccc3c(c2)CCCC(=O)N3CC(=O)O)ncc1Cl. The molecule has 3 aromatic rings. The number of carboxylic acid groups (broad SMARTS) is 1. The van der Waals surface area contributed by atoms with E-state index < -0.39 is 22.5 Å². The number of carbonyl (C=O) groups is 2. The second-order valence-electron chi connectivity index (χ2n) is 7.91. The van der Waals surface area contributed by atoms with E-state index in [0.717, 1.165) is 5.56 Å². The molecule has 1 aliphatic heterocycles. The minimum absolute atomic E-state index is 0.0305. The van der Waals surface area contributed by atoms with Gasteiger partial charge in [-0.05, 0) is 55.8 Å². The number of carbonyl (C=O) groups excluding carboxylic acids is 1. The zero-order valence-corrected chi connectivity index (χ0v) is 20.7. The second kappa shape index (κ2) is 10.5. The molecule has 13 heteroatoms. The van der Waals surface area contributed by atoms with Gasteiger partial charge in [0.2, 0.25) is 21.9 Å². The summed E-state index contributed by atoms with van der Waals surface area (Å²) in [5.74, 6) is -0.921. The number of carboxylic acids is 1. The third-order valence-electron chi connectivity index (χ3n) is 5.50. The number of fused-ring (bicyclic) bond motifs is 1. The van der Waals surface area contributed by atoms with Crippen molar-refractivity contribution in [2.75, 3.05) is 29.1 Å². The Kier molecular flexibility index (Phi) is 7.38. The Morgan fingerprint density at radius 1 is 1.17 bits per heavy atom. The summed E-state index contributed by atoms with van der Waals surface area (Å²) in [6, 6.07) is 11.5. The van der Waals surface area contributed by atoms with Gasteiger partial charge < -0.3 is 20.6 Å². The first-order chi connectivity index (χ1) is 17.2. The number of sulfonamides is 1. The van der Waals surface area contributed by atoms with Crippen molar-refractivity contribution in [2.45, 2.75) is 24.2 Å². The number of para-hydroxylation sites is 1. The molecule has 2 heterocycles. The molecule has 0 unspecified atom stereocenters. The number of halogens is 1. The molecule has 36 heavy (non-hydrogen) atoms. The molecule has 0 atom stereocenters. The highest BCUT2D eigenvalue weighted by Crippen LogP contribution is 2.32. The summed E-state index contributed by atoms with van der Waals surface area (Å²) in [7, 11) is -2.41. The van der Waals surface area contributed by atoms with Crippen molar-refractivity contribution in [3.05, 3.63) is 59.2 Å². The maximum Gasteiger partial charge on any atom is 0.323 e. The largest absolute Gasteiger partial charge is 0.480 e. The Morgan fingerprint density at radius 3 is 2.69 bits per heavy atom. The number of aromatic nitrogens is 2. The number of rotatable bonds is 8. The highest BCUT2D eigenvalue weighted by molar-refractivity contribution is 7.89. The van der Waals surface area contributed by atoms with Crippen molar-refractivity contribution in [2.24, 2.45) is 0 Å². The van der Waals surface area contributed by atoms with E-state index in [2.05, 4.69) is 25.3 Å². The molecule has 188 valence electrons. The van der Waals surface area contributed by atoms with Crippen LogP contribution in [0.25, 0.3) is 0 Å². The smallest absolute Gasteiger partial charge is 0.323 e. The molecule has 1 amide bonds. The fourth-order valence-corrected chi connectivity index (χ4v) is 4.85. The van der Waals surface area contributed by atoms with Crippen LogP contribution in [0.4, 0.5) is 28.8 Å². The summed E-state index contributed by atoms with van der Waals surface area (Å²) in [5, 5.41) is 15.4. The number of nitrogens with zero attached hydrogens (tertiary/aromatic N) is 3. The Labute approximate surface area is 212 Å². The number of aliphatic carboxylic acids is 1. The maximum absolute atomic E-state index is 12.4. The van der Waals surface area contributed by atoms with E-state index in [4.69, 9.17) is 11.6 Å². The van der Waals surface area contributed by atoms with Gasteiger partial charge >= 0.3 is 5.97 Å². The molecule has 2 aromatic carbocycles. The van der Waals surface area contributed by atoms with Crippen LogP contribution >= 0.6 is 11.6 Å². The molecule has 0 fully saturated rings. The number of benzene rings is 2. The van der Waals surface area contributed by atoms with Crippen LogP contribution in [0.5, 0.6) is 0 Å². The predicted molar refractivity (Wildman–Crippen MR) is 136 cm³/mol. The van der Waals surface area contributed by atoms with Gasteiger partial charge in [-0.25, -0.2) is 18.1 Å². The van der Waals surface area contributed by atoms with Gasteiger partial charge in [-0.15, -0.1) is 0 Å². The molecular formula is C23H23ClN6O5S. The van der Waals surface area contributed by atoms with Crippen LogP contribution in [0.1, 0.15) is 18.4 Å². The van der Waals surface area contributed by atoms with E-state index in [-0.39, 0.29) is 39.7 Å². The predicted octanol–water partition coefficient (Wildman–Crippen LogP) is 3.28. The van der Waals surface area contributed by atoms with Crippen molar-refractivity contribution in [3.8, 4) is 0 Å². The zero-order chi connectivity index (χ0) is 25.9. The molecular weight excluding hydrogens is 508 g/mol. The first-order valence-electron chi connectivity index (χ1n) is 10.9. The lowest BCUT2D eigenvalue weighted by molar-refractivity contribution is -0.136. The quantitative estimate of drug-likeness (QED) is 0.343. The van der Waals surface area contributed by atoms with Crippen LogP contribution in [-0.4, -0.2) is 49.0 Å². The standard InChI is InChI=1S/C23H23ClN6O5S/c1-25-36(34,35)19-7-3-2-6-17(19)28-22-16(24)12-26-23(29-22)27-15-9-10-18-14(11-15)5-4-8-20(31)30(18)13-21(32)33/h2-3,6-7,9-12,25H,4-5,8,13H2,1H3,(H,32,33)(H2,26,27,28,29). The summed E-state index contributed by atoms with van der Waals surface area (Å²) in [4.78, 5) is 33.5. The van der Waals surface area contributed by atoms with Crippen molar-refractivity contribution in [1.82, 2.24) is 14.7 Å². The van der Waals surface area contributed by atoms with Crippen molar-refractivity contribution in [1.29, 1.82) is 0 Å². The Hall–Kier alpha value is -3.74. The van der Waals surface area contributed by atoms with E-state index in [1.807, 2.05) is 6.07 Å². The van der Waals surface area contributed by atoms with Crippen LogP contribution in [0.2, 0.25) is 5.02 Å².